The van der Waals surface area contributed by atoms with E-state index in [4.69, 9.17) is 4.43 Å². The lowest BCUT2D eigenvalue weighted by Crippen LogP contribution is -2.25. The van der Waals surface area contributed by atoms with Gasteiger partial charge in [0.2, 0.25) is 0 Å². The van der Waals surface area contributed by atoms with Gasteiger partial charge in [0.15, 0.2) is 0 Å². The van der Waals surface area contributed by atoms with Crippen LogP contribution in [0, 0.1) is 0 Å². The van der Waals surface area contributed by atoms with Crippen LogP contribution in [-0.2, 0) is 22.1 Å². The van der Waals surface area contributed by atoms with E-state index in [1.54, 1.807) is 0 Å². The molecule has 0 aliphatic carbocycles. The molecule has 19 heavy (non-hydrogen) atoms. The van der Waals surface area contributed by atoms with Gasteiger partial charge in [-0.3, -0.25) is 4.79 Å². The Labute approximate surface area is 119 Å². The fraction of sp³-hybridized carbons (Fsp3) is 0.562. The van der Waals surface area contributed by atoms with Crippen LogP contribution in [-0.4, -0.2) is 15.7 Å². The van der Waals surface area contributed by atoms with E-state index in [0.29, 0.717) is 0 Å². The summed E-state index contributed by atoms with van der Waals surface area (Å²) in [6.45, 7) is 5.95. The molecule has 0 saturated carbocycles. The summed E-state index contributed by atoms with van der Waals surface area (Å²) in [6, 6.07) is 6.51. The van der Waals surface area contributed by atoms with Crippen LogP contribution in [0.15, 0.2) is 18.2 Å². The topological polar surface area (TPSA) is 26.3 Å². The molecule has 0 N–H and O–H groups in total. The van der Waals surface area contributed by atoms with Gasteiger partial charge in [0.05, 0.1) is 0 Å². The van der Waals surface area contributed by atoms with Crippen molar-refractivity contribution in [2.45, 2.75) is 59.3 Å². The first-order valence-electron chi connectivity index (χ1n) is 7.42. The third kappa shape index (κ3) is 5.60. The van der Waals surface area contributed by atoms with Crippen molar-refractivity contribution in [2.24, 2.45) is 0 Å². The smallest absolute Gasteiger partial charge is 0.289 e. The van der Waals surface area contributed by atoms with Gasteiger partial charge in [-0.2, -0.15) is 0 Å². The predicted molar refractivity (Wildman–Crippen MR) is 83.6 cm³/mol. The van der Waals surface area contributed by atoms with E-state index >= 15 is 0 Å². The molecule has 106 valence electrons. The van der Waals surface area contributed by atoms with Gasteiger partial charge in [0.1, 0.15) is 0 Å². The average molecular weight is 278 g/mol. The summed E-state index contributed by atoms with van der Waals surface area (Å²) in [4.78, 5) is 11.0. The van der Waals surface area contributed by atoms with E-state index in [1.165, 1.54) is 48.9 Å². The minimum atomic E-state index is -0.910. The summed E-state index contributed by atoms with van der Waals surface area (Å²) >= 11 is 0. The van der Waals surface area contributed by atoms with Crippen molar-refractivity contribution in [3.8, 4) is 0 Å². The van der Waals surface area contributed by atoms with Crippen LogP contribution in [0.5, 0.6) is 0 Å². The molecule has 0 aromatic heterocycles. The second-order valence-corrected chi connectivity index (χ2v) is 6.38. The molecule has 0 aliphatic heterocycles. The number of rotatable bonds is 8. The molecule has 0 atom stereocenters. The molecule has 1 aromatic rings. The zero-order chi connectivity index (χ0) is 14.1. The van der Waals surface area contributed by atoms with Gasteiger partial charge in [-0.25, -0.2) is 0 Å². The van der Waals surface area contributed by atoms with Crippen molar-refractivity contribution in [3.05, 3.63) is 29.3 Å². The summed E-state index contributed by atoms with van der Waals surface area (Å²) in [7, 11) is -0.910. The summed E-state index contributed by atoms with van der Waals surface area (Å²) in [6.07, 6.45) is 7.15. The molecule has 0 bridgehead atoms. The second kappa shape index (κ2) is 8.91. The normalized spacial score (nSPS) is 11.1. The van der Waals surface area contributed by atoms with E-state index in [2.05, 4.69) is 32.0 Å². The quantitative estimate of drug-likeness (QED) is 0.683. The molecule has 0 fully saturated rings. The molecular formula is C16H26O2Si. The SMILES string of the molecule is CCCCc1cccc([SiH2]OC(C)=O)c1CCCC. The minimum absolute atomic E-state index is 0.146. The van der Waals surface area contributed by atoms with E-state index in [1.807, 2.05) is 0 Å². The van der Waals surface area contributed by atoms with E-state index in [0.717, 1.165) is 12.8 Å². The highest BCUT2D eigenvalue weighted by Crippen LogP contribution is 2.13. The van der Waals surface area contributed by atoms with Gasteiger partial charge in [-0.05, 0) is 42.0 Å². The fourth-order valence-corrected chi connectivity index (χ4v) is 3.45. The van der Waals surface area contributed by atoms with Gasteiger partial charge in [-0.1, -0.05) is 44.9 Å². The van der Waals surface area contributed by atoms with Crippen LogP contribution in [0.3, 0.4) is 0 Å². The number of hydrogen-bond acceptors (Lipinski definition) is 2. The maximum Gasteiger partial charge on any atom is 0.289 e. The Hall–Kier alpha value is -1.09. The number of hydrogen-bond donors (Lipinski definition) is 0. The monoisotopic (exact) mass is 278 g/mol. The Kier molecular flexibility index (Phi) is 7.49. The van der Waals surface area contributed by atoms with Crippen LogP contribution in [0.1, 0.15) is 57.6 Å². The Balaban J connectivity index is 2.88. The number of aryl methyl sites for hydroxylation is 1. The van der Waals surface area contributed by atoms with Crippen LogP contribution in [0.2, 0.25) is 0 Å². The molecule has 0 saturated heterocycles. The van der Waals surface area contributed by atoms with Crippen molar-refractivity contribution in [2.75, 3.05) is 0 Å². The summed E-state index contributed by atoms with van der Waals surface area (Å²) in [5.74, 6) is -0.146. The summed E-state index contributed by atoms with van der Waals surface area (Å²) in [5, 5.41) is 1.32. The molecule has 3 heteroatoms. The first-order valence-corrected chi connectivity index (χ1v) is 8.70. The zero-order valence-electron chi connectivity index (χ0n) is 12.5. The fourth-order valence-electron chi connectivity index (χ4n) is 2.28. The number of benzene rings is 1. The third-order valence-corrected chi connectivity index (χ3v) is 4.91. The molecule has 0 aliphatic rings. The Bertz CT molecular complexity index is 402. The van der Waals surface area contributed by atoms with Gasteiger partial charge in [-0.15, -0.1) is 0 Å². The highest BCUT2D eigenvalue weighted by Gasteiger charge is 2.09. The second-order valence-electron chi connectivity index (χ2n) is 5.04. The lowest BCUT2D eigenvalue weighted by Gasteiger charge is -2.14. The Morgan fingerprint density at radius 3 is 2.47 bits per heavy atom. The Morgan fingerprint density at radius 1 is 1.16 bits per heavy atom. The minimum Gasteiger partial charge on any atom is -0.521 e. The number of unbranched alkanes of at least 4 members (excludes halogenated alkanes) is 2. The van der Waals surface area contributed by atoms with Crippen LogP contribution >= 0.6 is 0 Å². The van der Waals surface area contributed by atoms with Crippen LogP contribution < -0.4 is 5.19 Å². The molecule has 0 radical (unpaired) electrons. The molecule has 0 unspecified atom stereocenters. The molecule has 0 amide bonds. The molecule has 1 rings (SSSR count). The standard InChI is InChI=1S/C16H26O2Si/c1-4-6-9-14-10-8-12-16(19-18-13(3)17)15(14)11-7-5-2/h8,10,12H,4-7,9,11,19H2,1-3H3. The van der Waals surface area contributed by atoms with Crippen molar-refractivity contribution in [3.63, 3.8) is 0 Å². The highest BCUT2D eigenvalue weighted by atomic mass is 28.2. The van der Waals surface area contributed by atoms with Gasteiger partial charge < -0.3 is 4.43 Å². The van der Waals surface area contributed by atoms with Crippen LogP contribution in [0.25, 0.3) is 0 Å². The number of carbonyl (C=O) groups excluding carboxylic acids is 1. The van der Waals surface area contributed by atoms with Crippen LogP contribution in [0.4, 0.5) is 0 Å². The summed E-state index contributed by atoms with van der Waals surface area (Å²) < 4.78 is 5.31. The maximum absolute atomic E-state index is 11.0. The van der Waals surface area contributed by atoms with Gasteiger partial charge >= 0.3 is 0 Å². The van der Waals surface area contributed by atoms with E-state index < -0.39 is 9.76 Å². The maximum atomic E-state index is 11.0. The first-order chi connectivity index (χ1) is 9.19. The molecular weight excluding hydrogens is 252 g/mol. The van der Waals surface area contributed by atoms with Crippen molar-refractivity contribution in [1.82, 2.24) is 0 Å². The molecule has 1 aromatic carbocycles. The van der Waals surface area contributed by atoms with E-state index in [-0.39, 0.29) is 5.97 Å². The molecule has 2 nitrogen and oxygen atoms in total. The molecule has 0 heterocycles. The summed E-state index contributed by atoms with van der Waals surface area (Å²) in [5.41, 5.74) is 2.93. The van der Waals surface area contributed by atoms with Crippen molar-refractivity contribution < 1.29 is 9.22 Å². The first kappa shape index (κ1) is 16.0. The van der Waals surface area contributed by atoms with Gasteiger partial charge in [0.25, 0.3) is 15.7 Å². The average Bonchev–Trinajstić information content (AvgIpc) is 2.41. The zero-order valence-corrected chi connectivity index (χ0v) is 13.9. The van der Waals surface area contributed by atoms with Crippen molar-refractivity contribution in [1.29, 1.82) is 0 Å². The predicted octanol–water partition coefficient (Wildman–Crippen LogP) is 2.64. The highest BCUT2D eigenvalue weighted by molar-refractivity contribution is 6.49. The lowest BCUT2D eigenvalue weighted by atomic mass is 9.98. The largest absolute Gasteiger partial charge is 0.521 e. The van der Waals surface area contributed by atoms with E-state index in [9.17, 15) is 4.79 Å². The Morgan fingerprint density at radius 2 is 1.84 bits per heavy atom. The van der Waals surface area contributed by atoms with Crippen molar-refractivity contribution >= 4 is 20.9 Å². The number of carbonyl (C=O) groups is 1. The lowest BCUT2D eigenvalue weighted by molar-refractivity contribution is -0.131. The molecule has 0 spiro atoms. The third-order valence-electron chi connectivity index (χ3n) is 3.38. The van der Waals surface area contributed by atoms with Gasteiger partial charge in [0, 0.05) is 6.92 Å².